The third kappa shape index (κ3) is 2.54. The first kappa shape index (κ1) is 14.1. The highest BCUT2D eigenvalue weighted by Gasteiger charge is 2.46. The van der Waals surface area contributed by atoms with Gasteiger partial charge in [0.25, 0.3) is 0 Å². The van der Waals surface area contributed by atoms with Gasteiger partial charge in [0, 0.05) is 26.2 Å². The Morgan fingerprint density at radius 1 is 1.26 bits per heavy atom. The molecule has 0 aromatic rings. The Kier molecular flexibility index (Phi) is 3.99. The van der Waals surface area contributed by atoms with E-state index in [0.717, 1.165) is 25.7 Å². The van der Waals surface area contributed by atoms with Gasteiger partial charge in [-0.2, -0.15) is 0 Å². The van der Waals surface area contributed by atoms with Crippen LogP contribution < -0.4 is 5.73 Å². The molecule has 2 heterocycles. The molecule has 2 aliphatic rings. The quantitative estimate of drug-likeness (QED) is 0.737. The van der Waals surface area contributed by atoms with Crippen LogP contribution in [0.5, 0.6) is 0 Å². The lowest BCUT2D eigenvalue weighted by atomic mass is 9.85. The zero-order chi connectivity index (χ0) is 14.2. The van der Waals surface area contributed by atoms with Crippen molar-refractivity contribution in [2.45, 2.75) is 43.8 Å². The number of urea groups is 1. The fourth-order valence-corrected chi connectivity index (χ4v) is 3.38. The highest BCUT2D eigenvalue weighted by atomic mass is 16.5. The minimum absolute atomic E-state index is 0.0672. The van der Waals surface area contributed by atoms with E-state index >= 15 is 0 Å². The van der Waals surface area contributed by atoms with Gasteiger partial charge in [0.05, 0.1) is 7.11 Å². The van der Waals surface area contributed by atoms with Crippen molar-refractivity contribution in [2.75, 3.05) is 21.2 Å². The number of carbonyl (C=O) groups is 2. The molecule has 2 rings (SSSR count). The van der Waals surface area contributed by atoms with Crippen LogP contribution in [0.25, 0.3) is 0 Å². The van der Waals surface area contributed by atoms with Crippen molar-refractivity contribution in [3.05, 3.63) is 0 Å². The van der Waals surface area contributed by atoms with Crippen LogP contribution in [-0.2, 0) is 9.53 Å². The molecule has 2 unspecified atom stereocenters. The van der Waals surface area contributed by atoms with Gasteiger partial charge in [-0.1, -0.05) is 0 Å². The Hall–Kier alpha value is -1.30. The van der Waals surface area contributed by atoms with Crippen LogP contribution in [0, 0.1) is 5.92 Å². The SMILES string of the molecule is COC(=O)[C@@H](N)C1CC2CCC(C1)N2C(=O)N(C)C. The molecule has 2 saturated heterocycles. The zero-order valence-electron chi connectivity index (χ0n) is 11.8. The topological polar surface area (TPSA) is 75.9 Å². The summed E-state index contributed by atoms with van der Waals surface area (Å²) >= 11 is 0. The molecule has 2 fully saturated rings. The Bertz CT molecular complexity index is 358. The minimum atomic E-state index is -0.565. The van der Waals surface area contributed by atoms with Crippen LogP contribution in [0.4, 0.5) is 4.79 Å². The van der Waals surface area contributed by atoms with Crippen molar-refractivity contribution in [2.24, 2.45) is 11.7 Å². The molecular formula is C13H23N3O3. The highest BCUT2D eigenvalue weighted by molar-refractivity contribution is 5.77. The summed E-state index contributed by atoms with van der Waals surface area (Å²) in [7, 11) is 4.91. The van der Waals surface area contributed by atoms with Gasteiger partial charge < -0.3 is 20.3 Å². The van der Waals surface area contributed by atoms with E-state index in [4.69, 9.17) is 10.5 Å². The number of fused-ring (bicyclic) bond motifs is 2. The standard InChI is InChI=1S/C13H23N3O3/c1-15(2)13(18)16-9-4-5-10(16)7-8(6-9)11(14)12(17)19-3/h8-11H,4-7,14H2,1-3H3/t8?,9?,10?,11-/m0/s1. The minimum Gasteiger partial charge on any atom is -0.468 e. The molecule has 0 spiro atoms. The number of amides is 2. The molecule has 2 aliphatic heterocycles. The number of hydrogen-bond acceptors (Lipinski definition) is 4. The van der Waals surface area contributed by atoms with Crippen LogP contribution >= 0.6 is 0 Å². The van der Waals surface area contributed by atoms with Gasteiger partial charge in [0.15, 0.2) is 0 Å². The van der Waals surface area contributed by atoms with Crippen molar-refractivity contribution in [3.63, 3.8) is 0 Å². The van der Waals surface area contributed by atoms with Crippen molar-refractivity contribution in [3.8, 4) is 0 Å². The van der Waals surface area contributed by atoms with Gasteiger partial charge in [0.1, 0.15) is 6.04 Å². The maximum Gasteiger partial charge on any atom is 0.322 e. The molecule has 2 amide bonds. The molecule has 0 aromatic heterocycles. The van der Waals surface area contributed by atoms with Crippen molar-refractivity contribution in [1.82, 2.24) is 9.80 Å². The molecule has 2 N–H and O–H groups in total. The number of nitrogens with two attached hydrogens (primary N) is 1. The van der Waals surface area contributed by atoms with Crippen molar-refractivity contribution in [1.29, 1.82) is 0 Å². The lowest BCUT2D eigenvalue weighted by molar-refractivity contribution is -0.144. The number of ether oxygens (including phenoxy) is 1. The lowest BCUT2D eigenvalue weighted by Gasteiger charge is -2.41. The van der Waals surface area contributed by atoms with E-state index in [1.807, 2.05) is 4.90 Å². The summed E-state index contributed by atoms with van der Waals surface area (Å²) < 4.78 is 4.72. The number of piperidine rings is 1. The molecule has 2 bridgehead atoms. The normalized spacial score (nSPS) is 30.9. The van der Waals surface area contributed by atoms with Gasteiger partial charge in [0.2, 0.25) is 0 Å². The summed E-state index contributed by atoms with van der Waals surface area (Å²) in [5, 5.41) is 0. The Balaban J connectivity index is 2.05. The molecule has 0 saturated carbocycles. The summed E-state index contributed by atoms with van der Waals surface area (Å²) in [4.78, 5) is 27.3. The number of methoxy groups -OCH3 is 1. The summed E-state index contributed by atoms with van der Waals surface area (Å²) in [5.74, 6) is -0.229. The summed E-state index contributed by atoms with van der Waals surface area (Å²) in [6, 6.07) is -0.0639. The molecule has 0 aromatic carbocycles. The maximum absolute atomic E-state index is 12.2. The number of esters is 1. The van der Waals surface area contributed by atoms with Gasteiger partial charge in [-0.05, 0) is 31.6 Å². The van der Waals surface area contributed by atoms with E-state index in [1.54, 1.807) is 19.0 Å². The third-order valence-corrected chi connectivity index (χ3v) is 4.35. The van der Waals surface area contributed by atoms with Crippen LogP contribution in [-0.4, -0.2) is 61.1 Å². The van der Waals surface area contributed by atoms with E-state index in [1.165, 1.54) is 7.11 Å². The molecule has 3 atom stereocenters. The highest BCUT2D eigenvalue weighted by Crippen LogP contribution is 2.40. The average molecular weight is 269 g/mol. The Labute approximate surface area is 113 Å². The predicted octanol–water partition coefficient (Wildman–Crippen LogP) is 0.411. The van der Waals surface area contributed by atoms with Crippen molar-refractivity contribution >= 4 is 12.0 Å². The summed E-state index contributed by atoms with van der Waals surface area (Å²) in [5.41, 5.74) is 5.95. The van der Waals surface area contributed by atoms with E-state index in [-0.39, 0.29) is 30.0 Å². The van der Waals surface area contributed by atoms with Crippen LogP contribution in [0.15, 0.2) is 0 Å². The first-order valence-corrected chi connectivity index (χ1v) is 6.78. The number of hydrogen-bond donors (Lipinski definition) is 1. The molecule has 19 heavy (non-hydrogen) atoms. The van der Waals surface area contributed by atoms with E-state index in [9.17, 15) is 9.59 Å². The van der Waals surface area contributed by atoms with E-state index < -0.39 is 6.04 Å². The molecule has 6 nitrogen and oxygen atoms in total. The molecule has 6 heteroatoms. The molecule has 0 radical (unpaired) electrons. The van der Waals surface area contributed by atoms with Gasteiger partial charge in [-0.15, -0.1) is 0 Å². The van der Waals surface area contributed by atoms with Gasteiger partial charge in [-0.25, -0.2) is 4.79 Å². The monoisotopic (exact) mass is 269 g/mol. The third-order valence-electron chi connectivity index (χ3n) is 4.35. The van der Waals surface area contributed by atoms with Crippen LogP contribution in [0.2, 0.25) is 0 Å². The van der Waals surface area contributed by atoms with Gasteiger partial charge in [-0.3, -0.25) is 4.79 Å². The predicted molar refractivity (Wildman–Crippen MR) is 70.4 cm³/mol. The van der Waals surface area contributed by atoms with Crippen molar-refractivity contribution < 1.29 is 14.3 Å². The Morgan fingerprint density at radius 3 is 2.21 bits per heavy atom. The lowest BCUT2D eigenvalue weighted by Crippen LogP contribution is -2.54. The first-order chi connectivity index (χ1) is 8.95. The smallest absolute Gasteiger partial charge is 0.322 e. The second kappa shape index (κ2) is 5.36. The average Bonchev–Trinajstić information content (AvgIpc) is 2.65. The maximum atomic E-state index is 12.2. The second-order valence-corrected chi connectivity index (χ2v) is 5.75. The number of carbonyl (C=O) groups excluding carboxylic acids is 2. The van der Waals surface area contributed by atoms with Gasteiger partial charge >= 0.3 is 12.0 Å². The second-order valence-electron chi connectivity index (χ2n) is 5.75. The zero-order valence-corrected chi connectivity index (χ0v) is 11.8. The van der Waals surface area contributed by atoms with Crippen LogP contribution in [0.3, 0.4) is 0 Å². The number of rotatable bonds is 2. The summed E-state index contributed by atoms with van der Waals surface area (Å²) in [6.45, 7) is 0. The van der Waals surface area contributed by atoms with Crippen LogP contribution in [0.1, 0.15) is 25.7 Å². The largest absolute Gasteiger partial charge is 0.468 e. The fourth-order valence-electron chi connectivity index (χ4n) is 3.38. The fraction of sp³-hybridized carbons (Fsp3) is 0.846. The molecule has 0 aliphatic carbocycles. The molecule has 108 valence electrons. The summed E-state index contributed by atoms with van der Waals surface area (Å²) in [6.07, 6.45) is 3.61. The first-order valence-electron chi connectivity index (χ1n) is 6.78. The van der Waals surface area contributed by atoms with E-state index in [0.29, 0.717) is 0 Å². The van der Waals surface area contributed by atoms with E-state index in [2.05, 4.69) is 0 Å². The Morgan fingerprint density at radius 2 is 1.79 bits per heavy atom. The molecular weight excluding hydrogens is 246 g/mol. The number of nitrogens with zero attached hydrogens (tertiary/aromatic N) is 2.